The maximum absolute atomic E-state index is 12.2. The van der Waals surface area contributed by atoms with Gasteiger partial charge in [-0.1, -0.05) is 11.6 Å². The average molecular weight is 371 g/mol. The maximum atomic E-state index is 12.2. The molecule has 1 aromatic heterocycles. The van der Waals surface area contributed by atoms with E-state index in [0.29, 0.717) is 26.5 Å². The third-order valence-corrected chi connectivity index (χ3v) is 4.24. The van der Waals surface area contributed by atoms with Gasteiger partial charge in [-0.2, -0.15) is 0 Å². The van der Waals surface area contributed by atoms with Gasteiger partial charge in [-0.15, -0.1) is 11.3 Å². The van der Waals surface area contributed by atoms with E-state index in [1.54, 1.807) is 12.1 Å². The molecule has 9 heteroatoms. The summed E-state index contributed by atoms with van der Waals surface area (Å²) in [5, 5.41) is 0. The van der Waals surface area contributed by atoms with Crippen molar-refractivity contribution < 1.29 is 23.8 Å². The largest absolute Gasteiger partial charge is 0.493 e. The van der Waals surface area contributed by atoms with Gasteiger partial charge in [-0.05, 0) is 24.3 Å². The lowest BCUT2D eigenvalue weighted by atomic mass is 10.1. The number of methoxy groups -OCH3 is 3. The Bertz CT molecular complexity index is 737. The molecule has 0 aliphatic rings. The van der Waals surface area contributed by atoms with Crippen molar-refractivity contribution in [2.24, 2.45) is 0 Å². The van der Waals surface area contributed by atoms with Gasteiger partial charge in [0.15, 0.2) is 11.5 Å². The van der Waals surface area contributed by atoms with Gasteiger partial charge in [0, 0.05) is 5.56 Å². The van der Waals surface area contributed by atoms with Crippen molar-refractivity contribution in [3.8, 4) is 17.2 Å². The molecule has 0 atom stereocenters. The van der Waals surface area contributed by atoms with E-state index in [1.807, 2.05) is 0 Å². The maximum Gasteiger partial charge on any atom is 0.279 e. The molecule has 0 unspecified atom stereocenters. The van der Waals surface area contributed by atoms with Crippen LogP contribution in [0.4, 0.5) is 0 Å². The molecule has 0 aliphatic carbocycles. The van der Waals surface area contributed by atoms with E-state index in [4.69, 9.17) is 25.8 Å². The van der Waals surface area contributed by atoms with Crippen molar-refractivity contribution >= 4 is 34.8 Å². The van der Waals surface area contributed by atoms with E-state index >= 15 is 0 Å². The molecule has 2 rings (SSSR count). The van der Waals surface area contributed by atoms with Gasteiger partial charge >= 0.3 is 0 Å². The summed E-state index contributed by atoms with van der Waals surface area (Å²) >= 11 is 6.88. The normalized spacial score (nSPS) is 10.0. The Labute approximate surface area is 147 Å². The van der Waals surface area contributed by atoms with Crippen LogP contribution < -0.4 is 25.1 Å². The third kappa shape index (κ3) is 3.90. The first kappa shape index (κ1) is 17.9. The first-order chi connectivity index (χ1) is 11.5. The highest BCUT2D eigenvalue weighted by molar-refractivity contribution is 7.17. The minimum absolute atomic E-state index is 0.231. The number of amides is 2. The minimum atomic E-state index is -0.537. The number of benzene rings is 1. The van der Waals surface area contributed by atoms with Crippen molar-refractivity contribution in [2.75, 3.05) is 21.3 Å². The lowest BCUT2D eigenvalue weighted by Gasteiger charge is -2.14. The van der Waals surface area contributed by atoms with E-state index in [9.17, 15) is 9.59 Å². The lowest BCUT2D eigenvalue weighted by molar-refractivity contribution is 0.0848. The van der Waals surface area contributed by atoms with Gasteiger partial charge < -0.3 is 14.2 Å². The molecule has 0 saturated carbocycles. The Kier molecular flexibility index (Phi) is 5.88. The molecule has 1 aromatic carbocycles. The molecule has 24 heavy (non-hydrogen) atoms. The van der Waals surface area contributed by atoms with E-state index < -0.39 is 11.8 Å². The summed E-state index contributed by atoms with van der Waals surface area (Å²) in [6.45, 7) is 0. The standard InChI is InChI=1S/C15H15ClN2O5S/c1-21-9-6-8(7-10(22-2)13(9)23-3)14(19)17-18-15(20)11-4-5-12(16)24-11/h4-7H,1-3H3,(H,17,19)(H,18,20). The molecule has 0 aliphatic heterocycles. The van der Waals surface area contributed by atoms with Crippen LogP contribution in [0.25, 0.3) is 0 Å². The first-order valence-corrected chi connectivity index (χ1v) is 7.85. The fourth-order valence-corrected chi connectivity index (χ4v) is 2.83. The van der Waals surface area contributed by atoms with E-state index in [1.165, 1.54) is 33.5 Å². The number of rotatable bonds is 5. The molecule has 128 valence electrons. The van der Waals surface area contributed by atoms with Crippen LogP contribution in [0.15, 0.2) is 24.3 Å². The monoisotopic (exact) mass is 370 g/mol. The van der Waals surface area contributed by atoms with Gasteiger partial charge in [0.1, 0.15) is 0 Å². The van der Waals surface area contributed by atoms with Crippen molar-refractivity contribution in [1.29, 1.82) is 0 Å². The fraction of sp³-hybridized carbons (Fsp3) is 0.200. The molecule has 7 nitrogen and oxygen atoms in total. The molecule has 0 radical (unpaired) electrons. The van der Waals surface area contributed by atoms with Crippen LogP contribution in [-0.2, 0) is 0 Å². The quantitative estimate of drug-likeness (QED) is 0.790. The molecule has 2 aromatic rings. The Hall–Kier alpha value is -2.45. The number of nitrogens with one attached hydrogen (secondary N) is 2. The van der Waals surface area contributed by atoms with Gasteiger partial charge in [0.25, 0.3) is 11.8 Å². The van der Waals surface area contributed by atoms with Crippen LogP contribution in [-0.4, -0.2) is 33.1 Å². The second-order valence-corrected chi connectivity index (χ2v) is 6.14. The number of hydrogen-bond donors (Lipinski definition) is 2. The number of hydrazine groups is 1. The Morgan fingerprint density at radius 3 is 2.00 bits per heavy atom. The van der Waals surface area contributed by atoms with Crippen LogP contribution in [0.1, 0.15) is 20.0 Å². The van der Waals surface area contributed by atoms with Crippen LogP contribution in [0.5, 0.6) is 17.2 Å². The molecule has 2 amide bonds. The van der Waals surface area contributed by atoms with E-state index in [0.717, 1.165) is 11.3 Å². The van der Waals surface area contributed by atoms with Crippen LogP contribution in [0, 0.1) is 0 Å². The number of hydrogen-bond acceptors (Lipinski definition) is 6. The number of halogens is 1. The first-order valence-electron chi connectivity index (χ1n) is 6.66. The number of carbonyl (C=O) groups excluding carboxylic acids is 2. The molecule has 2 N–H and O–H groups in total. The molecule has 1 heterocycles. The highest BCUT2D eigenvalue weighted by atomic mass is 35.5. The minimum Gasteiger partial charge on any atom is -0.493 e. The Morgan fingerprint density at radius 2 is 1.54 bits per heavy atom. The lowest BCUT2D eigenvalue weighted by Crippen LogP contribution is -2.41. The molecule has 0 fully saturated rings. The predicted octanol–water partition coefficient (Wildman–Crippen LogP) is 2.50. The molecular weight excluding hydrogens is 356 g/mol. The zero-order valence-corrected chi connectivity index (χ0v) is 14.7. The highest BCUT2D eigenvalue weighted by Crippen LogP contribution is 2.38. The average Bonchev–Trinajstić information content (AvgIpc) is 3.04. The molecule has 0 bridgehead atoms. The summed E-state index contributed by atoms with van der Waals surface area (Å²) in [5.41, 5.74) is 4.86. The smallest absolute Gasteiger partial charge is 0.279 e. The summed E-state index contributed by atoms with van der Waals surface area (Å²) < 4.78 is 16.0. The topological polar surface area (TPSA) is 85.9 Å². The van der Waals surface area contributed by atoms with Gasteiger partial charge in [0.2, 0.25) is 5.75 Å². The highest BCUT2D eigenvalue weighted by Gasteiger charge is 2.17. The fourth-order valence-electron chi connectivity index (χ4n) is 1.90. The SMILES string of the molecule is COc1cc(C(=O)NNC(=O)c2ccc(Cl)s2)cc(OC)c1OC. The van der Waals surface area contributed by atoms with E-state index in [2.05, 4.69) is 10.9 Å². The van der Waals surface area contributed by atoms with Crippen LogP contribution in [0.2, 0.25) is 4.34 Å². The second-order valence-electron chi connectivity index (χ2n) is 4.43. The third-order valence-electron chi connectivity index (χ3n) is 3.01. The summed E-state index contributed by atoms with van der Waals surface area (Å²) in [6, 6.07) is 6.12. The summed E-state index contributed by atoms with van der Waals surface area (Å²) in [6.07, 6.45) is 0. The predicted molar refractivity (Wildman–Crippen MR) is 90.4 cm³/mol. The number of ether oxygens (including phenoxy) is 3. The Balaban J connectivity index is 2.13. The summed E-state index contributed by atoms with van der Waals surface area (Å²) in [4.78, 5) is 24.5. The van der Waals surface area contributed by atoms with Crippen molar-refractivity contribution in [3.63, 3.8) is 0 Å². The molecule has 0 spiro atoms. The van der Waals surface area contributed by atoms with Gasteiger partial charge in [0.05, 0.1) is 30.5 Å². The van der Waals surface area contributed by atoms with Crippen molar-refractivity contribution in [2.45, 2.75) is 0 Å². The summed E-state index contributed by atoms with van der Waals surface area (Å²) in [7, 11) is 4.36. The second kappa shape index (κ2) is 7.89. The Morgan fingerprint density at radius 1 is 0.958 bits per heavy atom. The molecular formula is C15H15ClN2O5S. The van der Waals surface area contributed by atoms with E-state index in [-0.39, 0.29) is 5.56 Å². The summed E-state index contributed by atoms with van der Waals surface area (Å²) in [5.74, 6) is 0.0310. The molecule has 0 saturated heterocycles. The zero-order valence-electron chi connectivity index (χ0n) is 13.1. The van der Waals surface area contributed by atoms with Crippen LogP contribution in [0.3, 0.4) is 0 Å². The van der Waals surface area contributed by atoms with Crippen LogP contribution >= 0.6 is 22.9 Å². The number of thiophene rings is 1. The van der Waals surface area contributed by atoms with Gasteiger partial charge in [-0.25, -0.2) is 0 Å². The van der Waals surface area contributed by atoms with Crippen molar-refractivity contribution in [1.82, 2.24) is 10.9 Å². The number of carbonyl (C=O) groups is 2. The van der Waals surface area contributed by atoms with Gasteiger partial charge in [-0.3, -0.25) is 20.4 Å². The zero-order chi connectivity index (χ0) is 17.7. The van der Waals surface area contributed by atoms with Crippen molar-refractivity contribution in [3.05, 3.63) is 39.0 Å².